The molecule has 0 atom stereocenters. The predicted octanol–water partition coefficient (Wildman–Crippen LogP) is 3.63. The monoisotopic (exact) mass is 271 g/mol. The molecule has 0 unspecified atom stereocenters. The van der Waals surface area contributed by atoms with Crippen molar-refractivity contribution < 1.29 is 9.53 Å². The van der Waals surface area contributed by atoms with Crippen molar-refractivity contribution >= 4 is 5.91 Å². The lowest BCUT2D eigenvalue weighted by molar-refractivity contribution is -0.122. The summed E-state index contributed by atoms with van der Waals surface area (Å²) >= 11 is 0. The van der Waals surface area contributed by atoms with E-state index in [0.29, 0.717) is 12.3 Å². The summed E-state index contributed by atoms with van der Waals surface area (Å²) in [6.07, 6.45) is 1.64. The molecule has 0 aliphatic heterocycles. The summed E-state index contributed by atoms with van der Waals surface area (Å²) in [6.45, 7) is 17.3. The van der Waals surface area contributed by atoms with E-state index in [1.165, 1.54) is 0 Å². The predicted molar refractivity (Wildman–Crippen MR) is 81.1 cm³/mol. The van der Waals surface area contributed by atoms with Gasteiger partial charge in [0.15, 0.2) is 0 Å². The molecule has 0 aromatic carbocycles. The van der Waals surface area contributed by atoms with Gasteiger partial charge in [-0.3, -0.25) is 4.79 Å². The average molecular weight is 271 g/mol. The Bertz CT molecular complexity index is 270. The smallest absolute Gasteiger partial charge is 0.220 e. The van der Waals surface area contributed by atoms with Gasteiger partial charge in [-0.25, -0.2) is 0 Å². The normalized spacial score (nSPS) is 12.8. The van der Waals surface area contributed by atoms with Crippen LogP contribution in [0.3, 0.4) is 0 Å². The highest BCUT2D eigenvalue weighted by molar-refractivity contribution is 5.76. The molecular formula is C16H33NO2. The molecule has 0 saturated heterocycles. The third kappa shape index (κ3) is 9.94. The fourth-order valence-electron chi connectivity index (χ4n) is 2.57. The van der Waals surface area contributed by atoms with Crippen LogP contribution in [-0.4, -0.2) is 25.7 Å². The van der Waals surface area contributed by atoms with E-state index >= 15 is 0 Å². The SMILES string of the molecule is CCOCC(C)(C)CC(C)(C)CNC(=O)CC(C)C. The van der Waals surface area contributed by atoms with E-state index in [-0.39, 0.29) is 16.7 Å². The van der Waals surface area contributed by atoms with E-state index in [4.69, 9.17) is 4.74 Å². The van der Waals surface area contributed by atoms with Crippen LogP contribution in [0.1, 0.15) is 61.3 Å². The quantitative estimate of drug-likeness (QED) is 0.695. The molecule has 0 aromatic heterocycles. The third-order valence-electron chi connectivity index (χ3n) is 3.01. The largest absolute Gasteiger partial charge is 0.381 e. The van der Waals surface area contributed by atoms with Crippen LogP contribution >= 0.6 is 0 Å². The fourth-order valence-corrected chi connectivity index (χ4v) is 2.57. The van der Waals surface area contributed by atoms with Crippen LogP contribution in [0.5, 0.6) is 0 Å². The Kier molecular flexibility index (Phi) is 7.65. The van der Waals surface area contributed by atoms with Gasteiger partial charge in [-0.05, 0) is 30.1 Å². The molecule has 0 spiro atoms. The van der Waals surface area contributed by atoms with Gasteiger partial charge in [-0.1, -0.05) is 41.5 Å². The minimum Gasteiger partial charge on any atom is -0.381 e. The fraction of sp³-hybridized carbons (Fsp3) is 0.938. The lowest BCUT2D eigenvalue weighted by Gasteiger charge is -2.35. The molecule has 1 N–H and O–H groups in total. The van der Waals surface area contributed by atoms with Gasteiger partial charge in [0.25, 0.3) is 0 Å². The Morgan fingerprint density at radius 3 is 2.21 bits per heavy atom. The molecule has 19 heavy (non-hydrogen) atoms. The van der Waals surface area contributed by atoms with Crippen molar-refractivity contribution in [1.29, 1.82) is 0 Å². The number of hydrogen-bond donors (Lipinski definition) is 1. The molecule has 0 rings (SSSR count). The Morgan fingerprint density at radius 2 is 1.74 bits per heavy atom. The number of carbonyl (C=O) groups is 1. The third-order valence-corrected chi connectivity index (χ3v) is 3.01. The zero-order valence-corrected chi connectivity index (χ0v) is 13.9. The Balaban J connectivity index is 4.20. The average Bonchev–Trinajstić information content (AvgIpc) is 2.21. The standard InChI is InChI=1S/C16H33NO2/c1-8-19-12-16(6,7)10-15(4,5)11-17-14(18)9-13(2)3/h13H,8-12H2,1-7H3,(H,17,18). The second kappa shape index (κ2) is 7.88. The Morgan fingerprint density at radius 1 is 1.16 bits per heavy atom. The van der Waals surface area contributed by atoms with E-state index in [1.807, 2.05) is 6.92 Å². The summed E-state index contributed by atoms with van der Waals surface area (Å²) in [6, 6.07) is 0. The van der Waals surface area contributed by atoms with Crippen LogP contribution < -0.4 is 5.32 Å². The summed E-state index contributed by atoms with van der Waals surface area (Å²) in [5.41, 5.74) is 0.232. The maximum atomic E-state index is 11.7. The summed E-state index contributed by atoms with van der Waals surface area (Å²) in [7, 11) is 0. The second-order valence-corrected chi connectivity index (χ2v) is 7.52. The van der Waals surface area contributed by atoms with Crippen LogP contribution in [0.2, 0.25) is 0 Å². The van der Waals surface area contributed by atoms with Gasteiger partial charge in [0.05, 0.1) is 6.61 Å². The summed E-state index contributed by atoms with van der Waals surface area (Å²) < 4.78 is 5.54. The second-order valence-electron chi connectivity index (χ2n) is 7.52. The van der Waals surface area contributed by atoms with Crippen LogP contribution in [-0.2, 0) is 9.53 Å². The highest BCUT2D eigenvalue weighted by atomic mass is 16.5. The van der Waals surface area contributed by atoms with Crippen molar-refractivity contribution in [2.75, 3.05) is 19.8 Å². The number of rotatable bonds is 9. The molecule has 0 heterocycles. The van der Waals surface area contributed by atoms with Gasteiger partial charge in [0.2, 0.25) is 5.91 Å². The first-order valence-corrected chi connectivity index (χ1v) is 7.42. The van der Waals surface area contributed by atoms with Gasteiger partial charge in [-0.2, -0.15) is 0 Å². The molecule has 114 valence electrons. The van der Waals surface area contributed by atoms with Crippen molar-refractivity contribution in [1.82, 2.24) is 5.32 Å². The Hall–Kier alpha value is -0.570. The van der Waals surface area contributed by atoms with Crippen LogP contribution in [0.15, 0.2) is 0 Å². The number of nitrogens with one attached hydrogen (secondary N) is 1. The number of amides is 1. The lowest BCUT2D eigenvalue weighted by Crippen LogP contribution is -2.38. The minimum absolute atomic E-state index is 0.0905. The number of carbonyl (C=O) groups excluding carboxylic acids is 1. The lowest BCUT2D eigenvalue weighted by atomic mass is 9.75. The molecule has 0 aliphatic carbocycles. The van der Waals surface area contributed by atoms with Gasteiger partial charge < -0.3 is 10.1 Å². The highest BCUT2D eigenvalue weighted by Crippen LogP contribution is 2.33. The first-order valence-electron chi connectivity index (χ1n) is 7.42. The van der Waals surface area contributed by atoms with Crippen LogP contribution in [0.25, 0.3) is 0 Å². The van der Waals surface area contributed by atoms with Gasteiger partial charge in [0.1, 0.15) is 0 Å². The maximum absolute atomic E-state index is 11.7. The minimum atomic E-state index is 0.0905. The molecule has 0 radical (unpaired) electrons. The van der Waals surface area contributed by atoms with Crippen LogP contribution in [0.4, 0.5) is 0 Å². The molecular weight excluding hydrogens is 238 g/mol. The van der Waals surface area contributed by atoms with Crippen molar-refractivity contribution in [2.24, 2.45) is 16.7 Å². The molecule has 0 bridgehead atoms. The van der Waals surface area contributed by atoms with E-state index in [1.54, 1.807) is 0 Å². The zero-order valence-electron chi connectivity index (χ0n) is 13.9. The number of hydrogen-bond acceptors (Lipinski definition) is 2. The first-order chi connectivity index (χ1) is 8.58. The topological polar surface area (TPSA) is 38.3 Å². The maximum Gasteiger partial charge on any atom is 0.220 e. The van der Waals surface area contributed by atoms with Crippen molar-refractivity contribution in [3.63, 3.8) is 0 Å². The van der Waals surface area contributed by atoms with Gasteiger partial charge >= 0.3 is 0 Å². The summed E-state index contributed by atoms with van der Waals surface area (Å²) in [5, 5.41) is 3.05. The zero-order chi connectivity index (χ0) is 15.1. The van der Waals surface area contributed by atoms with Crippen molar-refractivity contribution in [2.45, 2.75) is 61.3 Å². The Labute approximate surface area is 119 Å². The van der Waals surface area contributed by atoms with Crippen LogP contribution in [0, 0.1) is 16.7 Å². The van der Waals surface area contributed by atoms with Crippen molar-refractivity contribution in [3.8, 4) is 0 Å². The first kappa shape index (κ1) is 18.4. The molecule has 0 fully saturated rings. The molecule has 0 saturated carbocycles. The molecule has 3 heteroatoms. The highest BCUT2D eigenvalue weighted by Gasteiger charge is 2.29. The van der Waals surface area contributed by atoms with E-state index in [9.17, 15) is 4.79 Å². The number of ether oxygens (including phenoxy) is 1. The molecule has 1 amide bonds. The molecule has 0 aliphatic rings. The van der Waals surface area contributed by atoms with E-state index < -0.39 is 0 Å². The summed E-state index contributed by atoms with van der Waals surface area (Å²) in [4.78, 5) is 11.7. The summed E-state index contributed by atoms with van der Waals surface area (Å²) in [5.74, 6) is 0.572. The van der Waals surface area contributed by atoms with E-state index in [0.717, 1.165) is 26.2 Å². The molecule has 3 nitrogen and oxygen atoms in total. The van der Waals surface area contributed by atoms with Gasteiger partial charge in [0, 0.05) is 19.6 Å². The van der Waals surface area contributed by atoms with Gasteiger partial charge in [-0.15, -0.1) is 0 Å². The van der Waals surface area contributed by atoms with E-state index in [2.05, 4.69) is 46.9 Å². The molecule has 0 aromatic rings. The van der Waals surface area contributed by atoms with Crippen molar-refractivity contribution in [3.05, 3.63) is 0 Å².